The Hall–Kier alpha value is -9.78. The molecule has 0 spiro atoms. The van der Waals surface area contributed by atoms with E-state index in [0.29, 0.717) is 16.7 Å². The average molecular weight is 1280 g/mol. The first-order chi connectivity index (χ1) is 49.2. The van der Waals surface area contributed by atoms with E-state index in [2.05, 4.69) is 207 Å². The largest absolute Gasteiger partial charge is 0.212 e. The van der Waals surface area contributed by atoms with Crippen molar-refractivity contribution in [3.05, 3.63) is 319 Å². The molecule has 0 aliphatic carbocycles. The van der Waals surface area contributed by atoms with E-state index >= 15 is 0 Å². The second kappa shape index (κ2) is 33.6. The summed E-state index contributed by atoms with van der Waals surface area (Å²) in [7, 11) is 12.2. The summed E-state index contributed by atoms with van der Waals surface area (Å²) in [6.45, 7) is 25.0. The summed E-state index contributed by atoms with van der Waals surface area (Å²) in [5.74, 6) is 0. The van der Waals surface area contributed by atoms with Gasteiger partial charge in [-0.2, -0.15) is 0 Å². The molecule has 0 bridgehead atoms. The normalized spacial score (nSPS) is 12.3. The molecule has 0 aliphatic rings. The highest BCUT2D eigenvalue weighted by Gasteiger charge is 2.20. The van der Waals surface area contributed by atoms with Crippen molar-refractivity contribution in [2.75, 3.05) is 0 Å². The van der Waals surface area contributed by atoms with Gasteiger partial charge in [-0.3, -0.25) is 0 Å². The number of pyridine rings is 6. The Bertz CT molecular complexity index is 5020. The zero-order valence-electron chi connectivity index (χ0n) is 70.0. The van der Waals surface area contributed by atoms with Crippen LogP contribution in [0.15, 0.2) is 219 Å². The van der Waals surface area contributed by atoms with Gasteiger partial charge in [-0.1, -0.05) is 71.8 Å². The van der Waals surface area contributed by atoms with Gasteiger partial charge in [0.1, 0.15) is 42.3 Å². The highest BCUT2D eigenvalue weighted by molar-refractivity contribution is 5.70. The van der Waals surface area contributed by atoms with Crippen LogP contribution in [0.2, 0.25) is 0 Å². The van der Waals surface area contributed by atoms with Crippen molar-refractivity contribution in [3.63, 3.8) is 0 Å². The Balaban J connectivity index is 0.000000176. The van der Waals surface area contributed by atoms with Crippen molar-refractivity contribution in [2.24, 2.45) is 42.3 Å². The van der Waals surface area contributed by atoms with Crippen molar-refractivity contribution in [3.8, 4) is 67.5 Å². The third-order valence-corrected chi connectivity index (χ3v) is 18.1. The van der Waals surface area contributed by atoms with Gasteiger partial charge in [0.05, 0.1) is 22.3 Å². The van der Waals surface area contributed by atoms with Gasteiger partial charge < -0.3 is 0 Å². The molecule has 0 atom stereocenters. The Kier molecular flexibility index (Phi) is 21.4. The van der Waals surface area contributed by atoms with E-state index in [9.17, 15) is 0 Å². The molecule has 0 N–H and O–H groups in total. The lowest BCUT2D eigenvalue weighted by molar-refractivity contribution is -0.660. The summed E-state index contributed by atoms with van der Waals surface area (Å²) in [5.41, 5.74) is 33.4. The van der Waals surface area contributed by atoms with E-state index in [1.807, 2.05) is 162 Å². The number of rotatable bonds is 6. The van der Waals surface area contributed by atoms with E-state index in [4.69, 9.17) is 12.3 Å². The highest BCUT2D eigenvalue weighted by Crippen LogP contribution is 2.31. The van der Waals surface area contributed by atoms with Gasteiger partial charge in [-0.15, -0.1) is 0 Å². The van der Waals surface area contributed by atoms with Crippen molar-refractivity contribution >= 4 is 0 Å². The van der Waals surface area contributed by atoms with Crippen molar-refractivity contribution in [1.29, 1.82) is 0 Å². The predicted octanol–water partition coefficient (Wildman–Crippen LogP) is 18.6. The third-order valence-electron chi connectivity index (χ3n) is 18.1. The summed E-state index contributed by atoms with van der Waals surface area (Å²) in [4.78, 5) is 0. The van der Waals surface area contributed by atoms with E-state index in [-0.39, 0.29) is 0 Å². The molecule has 0 aliphatic heterocycles. The van der Waals surface area contributed by atoms with Crippen LogP contribution < -0.4 is 27.4 Å². The quantitative estimate of drug-likeness (QED) is 0.148. The Morgan fingerprint density at radius 2 is 0.479 bits per heavy atom. The molecular weight excluding hydrogens is 1170 g/mol. The molecule has 492 valence electrons. The molecule has 0 saturated heterocycles. The van der Waals surface area contributed by atoms with Crippen molar-refractivity contribution in [2.45, 2.75) is 124 Å². The topological polar surface area (TPSA) is 23.3 Å². The first-order valence-corrected chi connectivity index (χ1v) is 33.0. The lowest BCUT2D eigenvalue weighted by Crippen LogP contribution is -2.30. The Morgan fingerprint density at radius 1 is 0.208 bits per heavy atom. The summed E-state index contributed by atoms with van der Waals surface area (Å²) >= 11 is 0. The molecule has 6 aromatic carbocycles. The Labute approximate surface area is 590 Å². The van der Waals surface area contributed by atoms with Gasteiger partial charge in [0.25, 0.3) is 0 Å². The zero-order chi connectivity index (χ0) is 77.7. The summed E-state index contributed by atoms with van der Waals surface area (Å²) < 4.78 is 80.7. The minimum atomic E-state index is -2.07. The number of benzene rings is 6. The smallest absolute Gasteiger partial charge is 0.201 e. The number of aromatic nitrogens is 6. The van der Waals surface area contributed by atoms with Gasteiger partial charge in [0.15, 0.2) is 37.2 Å². The first kappa shape index (κ1) is 61.1. The van der Waals surface area contributed by atoms with Crippen LogP contribution in [0.1, 0.15) is 112 Å². The van der Waals surface area contributed by atoms with Crippen LogP contribution in [0.4, 0.5) is 0 Å². The minimum Gasteiger partial charge on any atom is -0.201 e. The van der Waals surface area contributed by atoms with Crippen LogP contribution in [0.25, 0.3) is 67.5 Å². The van der Waals surface area contributed by atoms with Gasteiger partial charge in [0, 0.05) is 96.3 Å². The maximum Gasteiger partial charge on any atom is 0.212 e. The molecule has 0 radical (unpaired) electrons. The van der Waals surface area contributed by atoms with E-state index in [1.54, 1.807) is 24.3 Å². The highest BCUT2D eigenvalue weighted by atomic mass is 14.9. The number of nitrogens with zero attached hydrogens (tertiary/aromatic N) is 6. The second-order valence-corrected chi connectivity index (χ2v) is 25.8. The Morgan fingerprint density at radius 3 is 0.812 bits per heavy atom. The molecule has 0 fully saturated rings. The monoisotopic (exact) mass is 1280 g/mol. The molecule has 96 heavy (non-hydrogen) atoms. The first-order valence-electron chi connectivity index (χ1n) is 37.5. The molecule has 6 heterocycles. The lowest BCUT2D eigenvalue weighted by Gasteiger charge is -2.10. The van der Waals surface area contributed by atoms with E-state index in [0.717, 1.165) is 67.2 Å². The van der Waals surface area contributed by atoms with Crippen LogP contribution in [0.5, 0.6) is 0 Å². The standard InChI is InChI=1S/6C15H18N/c2*1-11-8-9-12(2)15(13(11)3)14-7-5-6-10-16(14)4;2*1-11-9-13(3)14(10-12(11)2)15-7-5-6-8-16(15)4;2*1-11-9-12(2)15(13(3)10-11)14-7-5-6-8-16(14)4/h6*5-10H,1-4H3/q6*+1/i1D3;;1D3;;1D3;. The van der Waals surface area contributed by atoms with Gasteiger partial charge >= 0.3 is 0 Å². The van der Waals surface area contributed by atoms with Crippen LogP contribution in [-0.2, 0) is 42.3 Å². The van der Waals surface area contributed by atoms with Crippen LogP contribution in [-0.4, -0.2) is 0 Å². The fourth-order valence-electron chi connectivity index (χ4n) is 12.6. The SMILES string of the molecule is Cc1cc(C)c(-c2cccc[n+]2C)c(C)c1.Cc1cc(C)c(-c2cccc[n+]2C)cc1C.Cc1ccc(C)c(-c2cccc[n+]2C)c1C.[2H]C([2H])([2H])c1cc(C)c(-c2cccc[n+]2C)c(C)c1.[2H]C([2H])([2H])c1cc(C)c(-c2cccc[n+]2C)cc1C.[2H]C([2H])([2H])c1ccc(C)c(-c2cccc[n+]2C)c1C. The maximum atomic E-state index is 7.62. The average Bonchev–Trinajstić information content (AvgIpc) is 0.802. The maximum absolute atomic E-state index is 7.62. The molecule has 6 heteroatoms. The molecule has 6 nitrogen and oxygen atoms in total. The van der Waals surface area contributed by atoms with Crippen molar-refractivity contribution in [1.82, 2.24) is 0 Å². The van der Waals surface area contributed by atoms with Crippen LogP contribution >= 0.6 is 0 Å². The van der Waals surface area contributed by atoms with E-state index in [1.165, 1.54) is 83.8 Å². The van der Waals surface area contributed by atoms with Gasteiger partial charge in [0.2, 0.25) is 34.2 Å². The molecule has 0 unspecified atom stereocenters. The zero-order valence-corrected chi connectivity index (χ0v) is 61.0. The molecular formula is C90H108N6+6. The summed E-state index contributed by atoms with van der Waals surface area (Å²) in [6.07, 6.45) is 12.2. The summed E-state index contributed by atoms with van der Waals surface area (Å²) in [5, 5.41) is 0. The second-order valence-electron chi connectivity index (χ2n) is 25.8. The third kappa shape index (κ3) is 18.4. The summed E-state index contributed by atoms with van der Waals surface area (Å²) in [6, 6.07) is 61.2. The fourth-order valence-corrected chi connectivity index (χ4v) is 12.6. The molecule has 12 aromatic rings. The van der Waals surface area contributed by atoms with Gasteiger partial charge in [-0.05, 0) is 262 Å². The van der Waals surface area contributed by atoms with Crippen molar-refractivity contribution < 1.29 is 39.7 Å². The van der Waals surface area contributed by atoms with E-state index < -0.39 is 20.6 Å². The molecule has 6 aromatic heterocycles. The van der Waals surface area contributed by atoms with Crippen LogP contribution in [0, 0.1) is 124 Å². The molecule has 12 rings (SSSR count). The molecule has 0 amide bonds. The number of hydrogen-bond acceptors (Lipinski definition) is 0. The van der Waals surface area contributed by atoms with Gasteiger partial charge in [-0.25, -0.2) is 27.4 Å². The predicted molar refractivity (Wildman–Crippen MR) is 404 cm³/mol. The lowest BCUT2D eigenvalue weighted by atomic mass is 9.95. The van der Waals surface area contributed by atoms with Crippen LogP contribution in [0.3, 0.4) is 0 Å². The number of hydrogen-bond donors (Lipinski definition) is 0. The number of aryl methyl sites for hydroxylation is 22. The fraction of sp³-hybridized carbons (Fsp3) is 0.267. The molecule has 0 saturated carbocycles. The minimum absolute atomic E-state index is 0.407.